The number of benzene rings is 5. The van der Waals surface area contributed by atoms with E-state index in [1.807, 2.05) is 61.2 Å². The van der Waals surface area contributed by atoms with Crippen molar-refractivity contribution in [1.82, 2.24) is 29.1 Å². The highest BCUT2D eigenvalue weighted by molar-refractivity contribution is 6.12. The SMILES string of the molecule is C=C.c1ccc(-c2cc3c(cc2-c2ccccn2)c2ncccc2n3-c2cccc(-n3c4cc(-c5ccccc5)c(-c5ccccn5)cc4c4ncccc43)c2)cc1. The molecule has 6 nitrogen and oxygen atoms in total. The Hall–Kier alpha value is -7.96. The summed E-state index contributed by atoms with van der Waals surface area (Å²) < 4.78 is 4.69. The van der Waals surface area contributed by atoms with Gasteiger partial charge in [0.05, 0.1) is 44.5 Å². The first-order valence-electron chi connectivity index (χ1n) is 19.2. The van der Waals surface area contributed by atoms with Gasteiger partial charge in [0.1, 0.15) is 0 Å². The fourth-order valence-corrected chi connectivity index (χ4v) is 8.26. The van der Waals surface area contributed by atoms with Gasteiger partial charge in [0, 0.05) is 58.1 Å². The van der Waals surface area contributed by atoms with Gasteiger partial charge in [0.15, 0.2) is 0 Å². The van der Waals surface area contributed by atoms with Crippen molar-refractivity contribution in [2.45, 2.75) is 0 Å². The molecule has 0 aliphatic carbocycles. The van der Waals surface area contributed by atoms with Crippen LogP contribution in [0.1, 0.15) is 0 Å². The van der Waals surface area contributed by atoms with Gasteiger partial charge in [-0.2, -0.15) is 0 Å². The quantitative estimate of drug-likeness (QED) is 0.159. The molecule has 0 bridgehead atoms. The number of hydrogen-bond donors (Lipinski definition) is 0. The summed E-state index contributed by atoms with van der Waals surface area (Å²) in [4.78, 5) is 19.5. The minimum atomic E-state index is 0.924. The lowest BCUT2D eigenvalue weighted by atomic mass is 9.95. The number of rotatable bonds is 6. The second kappa shape index (κ2) is 14.6. The Morgan fingerprint density at radius 1 is 0.328 bits per heavy atom. The van der Waals surface area contributed by atoms with Gasteiger partial charge in [0.25, 0.3) is 0 Å². The highest BCUT2D eigenvalue weighted by atomic mass is 15.0. The molecule has 5 aromatic carbocycles. The number of nitrogens with zero attached hydrogens (tertiary/aromatic N) is 6. The predicted molar refractivity (Wildman–Crippen MR) is 239 cm³/mol. The van der Waals surface area contributed by atoms with E-state index >= 15 is 0 Å². The third-order valence-corrected chi connectivity index (χ3v) is 10.7. The molecular weight excluding hydrogens is 709 g/mol. The molecule has 6 heterocycles. The van der Waals surface area contributed by atoms with Gasteiger partial charge in [-0.25, -0.2) is 0 Å². The maximum absolute atomic E-state index is 4.96. The van der Waals surface area contributed by atoms with Crippen LogP contribution in [0.25, 0.3) is 100 Å². The van der Waals surface area contributed by atoms with Crippen molar-refractivity contribution in [3.8, 4) is 56.1 Å². The molecule has 6 aromatic heterocycles. The molecule has 0 fully saturated rings. The van der Waals surface area contributed by atoms with E-state index in [9.17, 15) is 0 Å². The summed E-state index contributed by atoms with van der Waals surface area (Å²) in [6, 6.07) is 59.6. The van der Waals surface area contributed by atoms with Crippen molar-refractivity contribution in [3.05, 3.63) is 208 Å². The van der Waals surface area contributed by atoms with Crippen molar-refractivity contribution in [2.24, 2.45) is 0 Å². The molecule has 0 amide bonds. The molecule has 11 rings (SSSR count). The molecular formula is C52H36N6. The summed E-state index contributed by atoms with van der Waals surface area (Å²) in [5.41, 5.74) is 16.6. The van der Waals surface area contributed by atoms with Crippen LogP contribution in [0.15, 0.2) is 208 Å². The number of fused-ring (bicyclic) bond motifs is 6. The molecule has 0 saturated carbocycles. The van der Waals surface area contributed by atoms with Crippen LogP contribution in [0.2, 0.25) is 0 Å². The topological polar surface area (TPSA) is 61.4 Å². The Kier molecular flexibility index (Phi) is 8.69. The van der Waals surface area contributed by atoms with Crippen LogP contribution >= 0.6 is 0 Å². The molecule has 6 heteroatoms. The van der Waals surface area contributed by atoms with Crippen LogP contribution in [0.4, 0.5) is 0 Å². The van der Waals surface area contributed by atoms with Crippen LogP contribution in [0, 0.1) is 0 Å². The normalized spacial score (nSPS) is 11.2. The Morgan fingerprint density at radius 2 is 0.759 bits per heavy atom. The van der Waals surface area contributed by atoms with E-state index in [4.69, 9.17) is 19.9 Å². The van der Waals surface area contributed by atoms with Gasteiger partial charge in [-0.05, 0) is 113 Å². The second-order valence-corrected chi connectivity index (χ2v) is 13.9. The first-order valence-corrected chi connectivity index (χ1v) is 19.2. The molecule has 11 aromatic rings. The van der Waals surface area contributed by atoms with E-state index in [0.717, 1.165) is 100 Å². The zero-order chi connectivity index (χ0) is 39.0. The lowest BCUT2D eigenvalue weighted by Gasteiger charge is -2.15. The van der Waals surface area contributed by atoms with Crippen molar-refractivity contribution in [1.29, 1.82) is 0 Å². The summed E-state index contributed by atoms with van der Waals surface area (Å²) in [5, 5.41) is 2.14. The van der Waals surface area contributed by atoms with Crippen LogP contribution < -0.4 is 0 Å². The predicted octanol–water partition coefficient (Wildman–Crippen LogP) is 12.9. The van der Waals surface area contributed by atoms with Gasteiger partial charge in [-0.15, -0.1) is 13.2 Å². The van der Waals surface area contributed by atoms with Gasteiger partial charge >= 0.3 is 0 Å². The van der Waals surface area contributed by atoms with Gasteiger partial charge in [0.2, 0.25) is 0 Å². The van der Waals surface area contributed by atoms with Gasteiger partial charge in [-0.3, -0.25) is 19.9 Å². The summed E-state index contributed by atoms with van der Waals surface area (Å²) in [5.74, 6) is 0. The van der Waals surface area contributed by atoms with E-state index in [2.05, 4.69) is 156 Å². The highest BCUT2D eigenvalue weighted by Crippen LogP contribution is 2.42. The lowest BCUT2D eigenvalue weighted by molar-refractivity contribution is 1.13. The van der Waals surface area contributed by atoms with Gasteiger partial charge < -0.3 is 9.13 Å². The monoisotopic (exact) mass is 744 g/mol. The maximum Gasteiger partial charge on any atom is 0.0963 e. The number of pyridine rings is 4. The molecule has 0 radical (unpaired) electrons. The first-order chi connectivity index (χ1) is 28.8. The summed E-state index contributed by atoms with van der Waals surface area (Å²) >= 11 is 0. The Morgan fingerprint density at radius 3 is 1.19 bits per heavy atom. The van der Waals surface area contributed by atoms with Crippen molar-refractivity contribution >= 4 is 43.9 Å². The third-order valence-electron chi connectivity index (χ3n) is 10.7. The molecule has 0 saturated heterocycles. The van der Waals surface area contributed by atoms with Crippen LogP contribution in [-0.2, 0) is 0 Å². The summed E-state index contributed by atoms with van der Waals surface area (Å²) in [6.07, 6.45) is 7.47. The maximum atomic E-state index is 4.96. The fourth-order valence-electron chi connectivity index (χ4n) is 8.26. The molecule has 0 N–H and O–H groups in total. The van der Waals surface area contributed by atoms with Crippen LogP contribution in [0.5, 0.6) is 0 Å². The number of hydrogen-bond acceptors (Lipinski definition) is 4. The van der Waals surface area contributed by atoms with E-state index in [0.29, 0.717) is 0 Å². The molecule has 0 spiro atoms. The number of aromatic nitrogens is 6. The Bertz CT molecular complexity index is 3030. The summed E-state index contributed by atoms with van der Waals surface area (Å²) in [6.45, 7) is 6.00. The third kappa shape index (κ3) is 5.74. The fraction of sp³-hybridized carbons (Fsp3) is 0. The molecule has 0 aliphatic rings. The minimum Gasteiger partial charge on any atom is -0.308 e. The average molecular weight is 745 g/mol. The van der Waals surface area contributed by atoms with E-state index < -0.39 is 0 Å². The zero-order valence-electron chi connectivity index (χ0n) is 31.6. The van der Waals surface area contributed by atoms with Crippen molar-refractivity contribution < 1.29 is 0 Å². The Labute approximate surface area is 335 Å². The van der Waals surface area contributed by atoms with E-state index in [-0.39, 0.29) is 0 Å². The van der Waals surface area contributed by atoms with Crippen molar-refractivity contribution in [2.75, 3.05) is 0 Å². The summed E-state index contributed by atoms with van der Waals surface area (Å²) in [7, 11) is 0. The van der Waals surface area contributed by atoms with Gasteiger partial charge in [-0.1, -0.05) is 78.9 Å². The molecule has 0 unspecified atom stereocenters. The minimum absolute atomic E-state index is 0.924. The van der Waals surface area contributed by atoms with E-state index in [1.165, 1.54) is 0 Å². The lowest BCUT2D eigenvalue weighted by Crippen LogP contribution is -1.99. The molecule has 58 heavy (non-hydrogen) atoms. The molecule has 274 valence electrons. The largest absolute Gasteiger partial charge is 0.308 e. The molecule has 0 atom stereocenters. The van der Waals surface area contributed by atoms with Crippen LogP contribution in [0.3, 0.4) is 0 Å². The second-order valence-electron chi connectivity index (χ2n) is 13.9. The standard InChI is InChI=1S/C50H32N6.C2H4/c1-3-14-33(15-4-1)37-31-47-41(29-39(37)43-20-7-9-24-51-43)49-45(22-12-26-53-49)55(47)35-18-11-19-36(28-35)56-46-23-13-27-54-50(46)42-30-40(44-21-8-10-25-52-44)38(32-48(42)56)34-16-5-2-6-17-34;1-2/h1-32H;1-2H2. The first kappa shape index (κ1) is 34.5. The Balaban J connectivity index is 0.00000201. The highest BCUT2D eigenvalue weighted by Gasteiger charge is 2.21. The van der Waals surface area contributed by atoms with Crippen molar-refractivity contribution in [3.63, 3.8) is 0 Å². The van der Waals surface area contributed by atoms with Crippen LogP contribution in [-0.4, -0.2) is 29.1 Å². The average Bonchev–Trinajstić information content (AvgIpc) is 3.82. The van der Waals surface area contributed by atoms with E-state index in [1.54, 1.807) is 0 Å². The molecule has 0 aliphatic heterocycles. The smallest absolute Gasteiger partial charge is 0.0963 e. The zero-order valence-corrected chi connectivity index (χ0v) is 31.6.